The molecule has 2 unspecified atom stereocenters. The number of nitrogens with two attached hydrogens (primary N) is 1. The molecule has 1 heterocycles. The zero-order chi connectivity index (χ0) is 13.9. The zero-order valence-electron chi connectivity index (χ0n) is 12.3. The summed E-state index contributed by atoms with van der Waals surface area (Å²) < 4.78 is 5.71. The fraction of sp³-hybridized carbons (Fsp3) is 0.625. The minimum absolute atomic E-state index is 0.207. The molecule has 0 amide bonds. The topological polar surface area (TPSA) is 47.3 Å². The molecule has 0 aromatic heterocycles. The molecule has 2 atom stereocenters. The second-order valence-corrected chi connectivity index (χ2v) is 6.48. The third-order valence-electron chi connectivity index (χ3n) is 3.90. The number of nitrogens with one attached hydrogen (secondary N) is 1. The van der Waals surface area contributed by atoms with E-state index in [1.165, 1.54) is 11.1 Å². The van der Waals surface area contributed by atoms with Gasteiger partial charge in [-0.25, -0.2) is 0 Å². The molecule has 1 saturated heterocycles. The first-order valence-electron chi connectivity index (χ1n) is 7.18. The van der Waals surface area contributed by atoms with E-state index in [0.29, 0.717) is 0 Å². The van der Waals surface area contributed by atoms with Crippen molar-refractivity contribution in [2.24, 2.45) is 5.84 Å². The summed E-state index contributed by atoms with van der Waals surface area (Å²) >= 11 is 0. The van der Waals surface area contributed by atoms with Gasteiger partial charge in [0.05, 0.1) is 12.1 Å². The van der Waals surface area contributed by atoms with Gasteiger partial charge in [-0.2, -0.15) is 0 Å². The van der Waals surface area contributed by atoms with Crippen molar-refractivity contribution in [2.75, 3.05) is 6.61 Å². The van der Waals surface area contributed by atoms with Crippen LogP contribution in [0.5, 0.6) is 0 Å². The van der Waals surface area contributed by atoms with Gasteiger partial charge in [-0.05, 0) is 35.8 Å². The molecule has 0 bridgehead atoms. The summed E-state index contributed by atoms with van der Waals surface area (Å²) in [6, 6.07) is 9.07. The van der Waals surface area contributed by atoms with E-state index in [1.807, 2.05) is 0 Å². The standard InChI is InChI=1S/C16H26N2O/c1-16(2,3)13-8-6-12(7-9-13)11-14(18-17)15-5-4-10-19-15/h6-9,14-15,18H,4-5,10-11,17H2,1-3H3. The van der Waals surface area contributed by atoms with Crippen LogP contribution in [-0.2, 0) is 16.6 Å². The van der Waals surface area contributed by atoms with Gasteiger partial charge in [0, 0.05) is 6.61 Å². The average molecular weight is 262 g/mol. The highest BCUT2D eigenvalue weighted by molar-refractivity contribution is 5.28. The number of hydrogen-bond donors (Lipinski definition) is 2. The molecule has 19 heavy (non-hydrogen) atoms. The number of hydrogen-bond acceptors (Lipinski definition) is 3. The van der Waals surface area contributed by atoms with Crippen molar-refractivity contribution < 1.29 is 4.74 Å². The van der Waals surface area contributed by atoms with E-state index in [-0.39, 0.29) is 17.6 Å². The van der Waals surface area contributed by atoms with Crippen LogP contribution in [0.25, 0.3) is 0 Å². The van der Waals surface area contributed by atoms with Crippen molar-refractivity contribution in [3.8, 4) is 0 Å². The fourth-order valence-corrected chi connectivity index (χ4v) is 2.61. The maximum absolute atomic E-state index is 5.71. The van der Waals surface area contributed by atoms with Crippen LogP contribution in [0.4, 0.5) is 0 Å². The van der Waals surface area contributed by atoms with Crippen molar-refractivity contribution in [3.05, 3.63) is 35.4 Å². The van der Waals surface area contributed by atoms with Crippen molar-refractivity contribution in [1.82, 2.24) is 5.43 Å². The molecule has 1 fully saturated rings. The molecule has 106 valence electrons. The molecule has 0 aliphatic carbocycles. The molecule has 1 aromatic carbocycles. The lowest BCUT2D eigenvalue weighted by Gasteiger charge is -2.23. The molecule has 3 N–H and O–H groups in total. The Kier molecular flexibility index (Phi) is 4.61. The monoisotopic (exact) mass is 262 g/mol. The number of ether oxygens (including phenoxy) is 1. The molecular weight excluding hydrogens is 236 g/mol. The van der Waals surface area contributed by atoms with E-state index in [4.69, 9.17) is 10.6 Å². The normalized spacial score (nSPS) is 21.6. The second-order valence-electron chi connectivity index (χ2n) is 6.48. The average Bonchev–Trinajstić information content (AvgIpc) is 2.89. The third kappa shape index (κ3) is 3.78. The molecular formula is C16H26N2O. The lowest BCUT2D eigenvalue weighted by Crippen LogP contribution is -2.45. The molecule has 2 rings (SSSR count). The van der Waals surface area contributed by atoms with Gasteiger partial charge in [0.2, 0.25) is 0 Å². The van der Waals surface area contributed by atoms with Crippen molar-refractivity contribution in [2.45, 2.75) is 57.6 Å². The molecule has 0 saturated carbocycles. The Labute approximate surface area is 116 Å². The van der Waals surface area contributed by atoms with Gasteiger partial charge < -0.3 is 4.74 Å². The van der Waals surface area contributed by atoms with Gasteiger partial charge >= 0.3 is 0 Å². The SMILES string of the molecule is CC(C)(C)c1ccc(CC(NN)C2CCCO2)cc1. The van der Waals surface area contributed by atoms with E-state index in [1.54, 1.807) is 0 Å². The first-order chi connectivity index (χ1) is 9.00. The van der Waals surface area contributed by atoms with E-state index in [2.05, 4.69) is 50.5 Å². The highest BCUT2D eigenvalue weighted by Crippen LogP contribution is 2.23. The van der Waals surface area contributed by atoms with Crippen LogP contribution in [-0.4, -0.2) is 18.8 Å². The minimum Gasteiger partial charge on any atom is -0.377 e. The molecule has 1 aliphatic rings. The van der Waals surface area contributed by atoms with Crippen molar-refractivity contribution >= 4 is 0 Å². The highest BCUT2D eigenvalue weighted by Gasteiger charge is 2.25. The summed E-state index contributed by atoms with van der Waals surface area (Å²) in [6.45, 7) is 7.57. The first-order valence-corrected chi connectivity index (χ1v) is 7.18. The Morgan fingerprint density at radius 3 is 2.47 bits per heavy atom. The maximum atomic E-state index is 5.71. The van der Waals surface area contributed by atoms with Gasteiger partial charge in [0.1, 0.15) is 0 Å². The number of rotatable bonds is 4. The van der Waals surface area contributed by atoms with Crippen LogP contribution in [0.2, 0.25) is 0 Å². The molecule has 1 aromatic rings. The lowest BCUT2D eigenvalue weighted by molar-refractivity contribution is 0.0784. The van der Waals surface area contributed by atoms with E-state index < -0.39 is 0 Å². The van der Waals surface area contributed by atoms with Crippen molar-refractivity contribution in [1.29, 1.82) is 0 Å². The third-order valence-corrected chi connectivity index (χ3v) is 3.90. The Hall–Kier alpha value is -0.900. The van der Waals surface area contributed by atoms with E-state index in [0.717, 1.165) is 25.9 Å². The zero-order valence-corrected chi connectivity index (χ0v) is 12.3. The first kappa shape index (κ1) is 14.5. The molecule has 0 spiro atoms. The lowest BCUT2D eigenvalue weighted by atomic mass is 9.86. The van der Waals surface area contributed by atoms with E-state index >= 15 is 0 Å². The Morgan fingerprint density at radius 2 is 2.00 bits per heavy atom. The second kappa shape index (κ2) is 6.04. The summed E-state index contributed by atoms with van der Waals surface area (Å²) in [6.07, 6.45) is 3.43. The van der Waals surface area contributed by atoms with E-state index in [9.17, 15) is 0 Å². The van der Waals surface area contributed by atoms with Crippen LogP contribution in [0, 0.1) is 0 Å². The largest absolute Gasteiger partial charge is 0.377 e. The van der Waals surface area contributed by atoms with Crippen molar-refractivity contribution in [3.63, 3.8) is 0 Å². The predicted molar refractivity (Wildman–Crippen MR) is 78.9 cm³/mol. The molecule has 0 radical (unpaired) electrons. The summed E-state index contributed by atoms with van der Waals surface area (Å²) in [5.41, 5.74) is 5.80. The molecule has 3 nitrogen and oxygen atoms in total. The summed E-state index contributed by atoms with van der Waals surface area (Å²) in [5.74, 6) is 5.67. The van der Waals surface area contributed by atoms with Gasteiger partial charge in [-0.3, -0.25) is 11.3 Å². The quantitative estimate of drug-likeness (QED) is 0.647. The smallest absolute Gasteiger partial charge is 0.0745 e. The minimum atomic E-state index is 0.207. The molecule has 1 aliphatic heterocycles. The van der Waals surface area contributed by atoms with Crippen LogP contribution < -0.4 is 11.3 Å². The Balaban J connectivity index is 2.01. The number of hydrazine groups is 1. The van der Waals surface area contributed by atoms with Crippen LogP contribution >= 0.6 is 0 Å². The van der Waals surface area contributed by atoms with Gasteiger partial charge in [-0.1, -0.05) is 45.0 Å². The van der Waals surface area contributed by atoms with Gasteiger partial charge in [-0.15, -0.1) is 0 Å². The van der Waals surface area contributed by atoms with Crippen LogP contribution in [0.3, 0.4) is 0 Å². The Morgan fingerprint density at radius 1 is 1.32 bits per heavy atom. The summed E-state index contributed by atoms with van der Waals surface area (Å²) in [4.78, 5) is 0. The maximum Gasteiger partial charge on any atom is 0.0745 e. The fourth-order valence-electron chi connectivity index (χ4n) is 2.61. The van der Waals surface area contributed by atoms with Crippen LogP contribution in [0.15, 0.2) is 24.3 Å². The van der Waals surface area contributed by atoms with Gasteiger partial charge in [0.25, 0.3) is 0 Å². The predicted octanol–water partition coefficient (Wildman–Crippen LogP) is 2.54. The van der Waals surface area contributed by atoms with Gasteiger partial charge in [0.15, 0.2) is 0 Å². The summed E-state index contributed by atoms with van der Waals surface area (Å²) in [5, 5.41) is 0. The molecule has 3 heteroatoms. The Bertz CT molecular complexity index is 388. The summed E-state index contributed by atoms with van der Waals surface area (Å²) in [7, 11) is 0. The number of benzene rings is 1. The van der Waals surface area contributed by atoms with Crippen LogP contribution in [0.1, 0.15) is 44.7 Å². The highest BCUT2D eigenvalue weighted by atomic mass is 16.5.